The number of hydrogen-bond donors (Lipinski definition) is 1. The number of nitrogens with two attached hydrogens (primary N) is 1. The molecule has 0 saturated carbocycles. The first-order chi connectivity index (χ1) is 8.63. The van der Waals surface area contributed by atoms with Gasteiger partial charge < -0.3 is 15.4 Å². The lowest BCUT2D eigenvalue weighted by atomic mass is 10.1. The third-order valence-electron chi connectivity index (χ3n) is 3.25. The van der Waals surface area contributed by atoms with E-state index in [1.54, 1.807) is 25.3 Å². The van der Waals surface area contributed by atoms with E-state index in [0.717, 1.165) is 13.1 Å². The minimum atomic E-state index is -0.325. The Morgan fingerprint density at radius 3 is 3.00 bits per heavy atom. The molecule has 1 aromatic heterocycles. The molecular weight excluding hydrogens is 230 g/mol. The van der Waals surface area contributed by atoms with Gasteiger partial charge in [0, 0.05) is 25.3 Å². The van der Waals surface area contributed by atoms with Gasteiger partial charge in [-0.1, -0.05) is 6.92 Å². The van der Waals surface area contributed by atoms with E-state index in [0.29, 0.717) is 23.9 Å². The highest BCUT2D eigenvalue weighted by molar-refractivity contribution is 5.94. The van der Waals surface area contributed by atoms with E-state index in [9.17, 15) is 4.79 Å². The standard InChI is InChI=1S/C13H19N3O2/c1-3-18-13(17)10-5-4-6-15-12(10)16-7-9(2)11(14)8-16/h4-6,9,11H,3,7-8,14H2,1-2H3. The average Bonchev–Trinajstić information content (AvgIpc) is 2.70. The third-order valence-corrected chi connectivity index (χ3v) is 3.25. The van der Waals surface area contributed by atoms with Crippen molar-refractivity contribution in [3.05, 3.63) is 23.9 Å². The minimum Gasteiger partial charge on any atom is -0.462 e. The molecule has 1 aliphatic heterocycles. The van der Waals surface area contributed by atoms with Gasteiger partial charge in [-0.05, 0) is 25.0 Å². The minimum absolute atomic E-state index is 0.127. The Labute approximate surface area is 107 Å². The molecule has 0 spiro atoms. The molecule has 2 rings (SSSR count). The van der Waals surface area contributed by atoms with Crippen LogP contribution < -0.4 is 10.6 Å². The van der Waals surface area contributed by atoms with Gasteiger partial charge in [0.15, 0.2) is 0 Å². The second-order valence-corrected chi connectivity index (χ2v) is 4.64. The van der Waals surface area contributed by atoms with Crippen molar-refractivity contribution in [1.82, 2.24) is 4.98 Å². The quantitative estimate of drug-likeness (QED) is 0.811. The van der Waals surface area contributed by atoms with Crippen molar-refractivity contribution in [2.75, 3.05) is 24.6 Å². The molecule has 18 heavy (non-hydrogen) atoms. The number of esters is 1. The first-order valence-electron chi connectivity index (χ1n) is 6.26. The van der Waals surface area contributed by atoms with Crippen molar-refractivity contribution in [3.63, 3.8) is 0 Å². The molecule has 2 N–H and O–H groups in total. The van der Waals surface area contributed by atoms with Crippen molar-refractivity contribution in [2.45, 2.75) is 19.9 Å². The van der Waals surface area contributed by atoms with Gasteiger partial charge in [0.1, 0.15) is 11.4 Å². The lowest BCUT2D eigenvalue weighted by Crippen LogP contribution is -2.29. The maximum Gasteiger partial charge on any atom is 0.341 e. The number of ether oxygens (including phenoxy) is 1. The Morgan fingerprint density at radius 2 is 2.39 bits per heavy atom. The van der Waals surface area contributed by atoms with Gasteiger partial charge in [-0.2, -0.15) is 0 Å². The number of hydrogen-bond acceptors (Lipinski definition) is 5. The molecule has 0 bridgehead atoms. The molecular formula is C13H19N3O2. The van der Waals surface area contributed by atoms with Crippen LogP contribution in [-0.2, 0) is 4.74 Å². The number of rotatable bonds is 3. The van der Waals surface area contributed by atoms with E-state index in [4.69, 9.17) is 10.5 Å². The van der Waals surface area contributed by atoms with Crippen LogP contribution in [-0.4, -0.2) is 36.7 Å². The van der Waals surface area contributed by atoms with Crippen LogP contribution in [0.3, 0.4) is 0 Å². The summed E-state index contributed by atoms with van der Waals surface area (Å²) in [4.78, 5) is 18.2. The fourth-order valence-corrected chi connectivity index (χ4v) is 2.18. The average molecular weight is 249 g/mol. The highest BCUT2D eigenvalue weighted by Crippen LogP contribution is 2.24. The van der Waals surface area contributed by atoms with E-state index in [1.807, 2.05) is 0 Å². The Hall–Kier alpha value is -1.62. The van der Waals surface area contributed by atoms with Crippen LogP contribution in [0.4, 0.5) is 5.82 Å². The SMILES string of the molecule is CCOC(=O)c1cccnc1N1CC(C)C(N)C1. The van der Waals surface area contributed by atoms with Crippen LogP contribution in [0, 0.1) is 5.92 Å². The van der Waals surface area contributed by atoms with Gasteiger partial charge in [0.25, 0.3) is 0 Å². The zero-order chi connectivity index (χ0) is 13.1. The first-order valence-corrected chi connectivity index (χ1v) is 6.26. The molecule has 5 nitrogen and oxygen atoms in total. The number of carbonyl (C=O) groups is 1. The monoisotopic (exact) mass is 249 g/mol. The van der Waals surface area contributed by atoms with Crippen LogP contribution in [0.2, 0.25) is 0 Å². The Morgan fingerprint density at radius 1 is 1.61 bits per heavy atom. The first kappa shape index (κ1) is 12.8. The van der Waals surface area contributed by atoms with Crippen molar-refractivity contribution in [2.24, 2.45) is 11.7 Å². The molecule has 2 heterocycles. The molecule has 0 aliphatic carbocycles. The molecule has 1 aromatic rings. The second-order valence-electron chi connectivity index (χ2n) is 4.64. The van der Waals surface area contributed by atoms with Crippen molar-refractivity contribution >= 4 is 11.8 Å². The van der Waals surface area contributed by atoms with Crippen LogP contribution in [0.15, 0.2) is 18.3 Å². The number of carbonyl (C=O) groups excluding carboxylic acids is 1. The Bertz CT molecular complexity index is 426. The van der Waals surface area contributed by atoms with Gasteiger partial charge in [-0.3, -0.25) is 0 Å². The summed E-state index contributed by atoms with van der Waals surface area (Å²) in [6.45, 7) is 5.82. The fraction of sp³-hybridized carbons (Fsp3) is 0.538. The van der Waals surface area contributed by atoms with Crippen LogP contribution in [0.25, 0.3) is 0 Å². The van der Waals surface area contributed by atoms with E-state index < -0.39 is 0 Å². The van der Waals surface area contributed by atoms with Crippen LogP contribution in [0.5, 0.6) is 0 Å². The molecule has 0 amide bonds. The summed E-state index contributed by atoms with van der Waals surface area (Å²) in [6.07, 6.45) is 1.69. The highest BCUT2D eigenvalue weighted by Gasteiger charge is 2.30. The highest BCUT2D eigenvalue weighted by atomic mass is 16.5. The summed E-state index contributed by atoms with van der Waals surface area (Å²) < 4.78 is 5.04. The summed E-state index contributed by atoms with van der Waals surface area (Å²) in [5, 5.41) is 0. The van der Waals surface area contributed by atoms with E-state index >= 15 is 0 Å². The maximum atomic E-state index is 11.9. The summed E-state index contributed by atoms with van der Waals surface area (Å²) >= 11 is 0. The van der Waals surface area contributed by atoms with E-state index in [-0.39, 0.29) is 12.0 Å². The molecule has 5 heteroatoms. The lowest BCUT2D eigenvalue weighted by Gasteiger charge is -2.19. The van der Waals surface area contributed by atoms with Gasteiger partial charge >= 0.3 is 5.97 Å². The third kappa shape index (κ3) is 2.46. The van der Waals surface area contributed by atoms with E-state index in [2.05, 4.69) is 16.8 Å². The predicted molar refractivity (Wildman–Crippen MR) is 69.5 cm³/mol. The summed E-state index contributed by atoms with van der Waals surface area (Å²) in [6, 6.07) is 3.62. The van der Waals surface area contributed by atoms with Gasteiger partial charge in [-0.15, -0.1) is 0 Å². The molecule has 0 aromatic carbocycles. The fourth-order valence-electron chi connectivity index (χ4n) is 2.18. The number of nitrogens with zero attached hydrogens (tertiary/aromatic N) is 2. The molecule has 0 radical (unpaired) electrons. The number of anilines is 1. The molecule has 2 unspecified atom stereocenters. The largest absolute Gasteiger partial charge is 0.462 e. The zero-order valence-electron chi connectivity index (χ0n) is 10.8. The van der Waals surface area contributed by atoms with Crippen LogP contribution >= 0.6 is 0 Å². The zero-order valence-corrected chi connectivity index (χ0v) is 10.8. The second kappa shape index (κ2) is 5.35. The summed E-state index contributed by atoms with van der Waals surface area (Å²) in [5.41, 5.74) is 6.52. The number of pyridine rings is 1. The van der Waals surface area contributed by atoms with Gasteiger partial charge in [-0.25, -0.2) is 9.78 Å². The maximum absolute atomic E-state index is 11.9. The molecule has 1 fully saturated rings. The topological polar surface area (TPSA) is 68.5 Å². The Kier molecular flexibility index (Phi) is 3.81. The lowest BCUT2D eigenvalue weighted by molar-refractivity contribution is 0.0526. The number of aromatic nitrogens is 1. The predicted octanol–water partition coefficient (Wildman–Crippen LogP) is 1.04. The van der Waals surface area contributed by atoms with Crippen molar-refractivity contribution in [3.8, 4) is 0 Å². The Balaban J connectivity index is 2.25. The molecule has 98 valence electrons. The molecule has 1 aliphatic rings. The normalized spacial score (nSPS) is 23.2. The molecule has 2 atom stereocenters. The molecule has 1 saturated heterocycles. The van der Waals surface area contributed by atoms with E-state index in [1.165, 1.54) is 0 Å². The van der Waals surface area contributed by atoms with Crippen molar-refractivity contribution in [1.29, 1.82) is 0 Å². The van der Waals surface area contributed by atoms with Gasteiger partial charge in [0.2, 0.25) is 0 Å². The smallest absolute Gasteiger partial charge is 0.341 e. The summed E-state index contributed by atoms with van der Waals surface area (Å²) in [5.74, 6) is 0.756. The van der Waals surface area contributed by atoms with Crippen LogP contribution in [0.1, 0.15) is 24.2 Å². The van der Waals surface area contributed by atoms with Gasteiger partial charge in [0.05, 0.1) is 6.61 Å². The summed E-state index contributed by atoms with van der Waals surface area (Å²) in [7, 11) is 0. The van der Waals surface area contributed by atoms with Crippen molar-refractivity contribution < 1.29 is 9.53 Å².